The number of benzene rings is 1. The van der Waals surface area contributed by atoms with Crippen LogP contribution in [0.25, 0.3) is 10.9 Å². The zero-order valence-electron chi connectivity index (χ0n) is 8.65. The number of fused-ring (bicyclic) bond motifs is 1. The topological polar surface area (TPSA) is 25.2 Å². The van der Waals surface area contributed by atoms with Crippen molar-refractivity contribution in [1.82, 2.24) is 4.57 Å². The van der Waals surface area contributed by atoms with Crippen molar-refractivity contribution in [3.63, 3.8) is 0 Å². The Kier molecular flexibility index (Phi) is 3.12. The van der Waals surface area contributed by atoms with Crippen LogP contribution in [0, 0.1) is 6.92 Å². The molecule has 2 rings (SSSR count). The molecule has 0 aliphatic carbocycles. The molecular weight excluding hydrogens is 254 g/mol. The van der Waals surface area contributed by atoms with E-state index < -0.39 is 0 Å². The molecule has 1 aromatic carbocycles. The molecule has 0 spiro atoms. The number of aromatic nitrogens is 1. The van der Waals surface area contributed by atoms with Gasteiger partial charge in [-0.05, 0) is 30.0 Å². The van der Waals surface area contributed by atoms with Crippen molar-refractivity contribution in [1.29, 1.82) is 0 Å². The standard InChI is InChI=1S/C12H14BrNO/c1-9-2-3-10-4-5-14(12(10)6-9)8-11(15)7-13/h2-6,11,15H,7-8H2,1H3. The number of alkyl halides is 1. The molecule has 0 saturated carbocycles. The molecule has 1 aromatic heterocycles. The first-order valence-electron chi connectivity index (χ1n) is 5.00. The Bertz CT molecular complexity index is 464. The second-order valence-corrected chi connectivity index (χ2v) is 4.49. The van der Waals surface area contributed by atoms with Crippen molar-refractivity contribution in [2.45, 2.75) is 19.6 Å². The van der Waals surface area contributed by atoms with Crippen molar-refractivity contribution in [2.24, 2.45) is 0 Å². The minimum absolute atomic E-state index is 0.332. The molecule has 0 aliphatic heterocycles. The van der Waals surface area contributed by atoms with Gasteiger partial charge in [-0.1, -0.05) is 28.1 Å². The Morgan fingerprint density at radius 1 is 1.40 bits per heavy atom. The van der Waals surface area contributed by atoms with Crippen LogP contribution in [-0.4, -0.2) is 21.1 Å². The number of nitrogens with zero attached hydrogens (tertiary/aromatic N) is 1. The zero-order chi connectivity index (χ0) is 10.8. The van der Waals surface area contributed by atoms with E-state index in [0.29, 0.717) is 11.9 Å². The minimum atomic E-state index is -0.332. The van der Waals surface area contributed by atoms with Gasteiger partial charge in [0.15, 0.2) is 0 Å². The number of aliphatic hydroxyl groups excluding tert-OH is 1. The van der Waals surface area contributed by atoms with Gasteiger partial charge in [-0.3, -0.25) is 0 Å². The highest BCUT2D eigenvalue weighted by Crippen LogP contribution is 2.17. The summed E-state index contributed by atoms with van der Waals surface area (Å²) in [5.41, 5.74) is 2.44. The van der Waals surface area contributed by atoms with E-state index in [2.05, 4.69) is 51.7 Å². The average molecular weight is 268 g/mol. The molecule has 80 valence electrons. The number of hydrogen-bond donors (Lipinski definition) is 1. The Labute approximate surface area is 97.7 Å². The van der Waals surface area contributed by atoms with Crippen LogP contribution in [0.3, 0.4) is 0 Å². The summed E-state index contributed by atoms with van der Waals surface area (Å²) in [5.74, 6) is 0. The number of hydrogen-bond acceptors (Lipinski definition) is 1. The van der Waals surface area contributed by atoms with Crippen LogP contribution in [0.1, 0.15) is 5.56 Å². The summed E-state index contributed by atoms with van der Waals surface area (Å²) in [6.07, 6.45) is 1.69. The van der Waals surface area contributed by atoms with E-state index in [1.807, 2.05) is 6.20 Å². The number of halogens is 1. The molecule has 0 aliphatic rings. The summed E-state index contributed by atoms with van der Waals surface area (Å²) in [6.45, 7) is 2.72. The van der Waals surface area contributed by atoms with Gasteiger partial charge in [-0.25, -0.2) is 0 Å². The fraction of sp³-hybridized carbons (Fsp3) is 0.333. The molecule has 3 heteroatoms. The van der Waals surface area contributed by atoms with Gasteiger partial charge in [0.05, 0.1) is 6.10 Å². The van der Waals surface area contributed by atoms with Crippen molar-refractivity contribution >= 4 is 26.8 Å². The third-order valence-corrected chi connectivity index (χ3v) is 3.26. The SMILES string of the molecule is Cc1ccc2ccn(CC(O)CBr)c2c1. The van der Waals surface area contributed by atoms with Gasteiger partial charge < -0.3 is 9.67 Å². The molecule has 1 N–H and O–H groups in total. The largest absolute Gasteiger partial charge is 0.390 e. The normalized spacial score (nSPS) is 13.3. The number of rotatable bonds is 3. The van der Waals surface area contributed by atoms with Gasteiger partial charge in [0.25, 0.3) is 0 Å². The highest BCUT2D eigenvalue weighted by Gasteiger charge is 2.06. The van der Waals surface area contributed by atoms with Gasteiger partial charge in [0.2, 0.25) is 0 Å². The Morgan fingerprint density at radius 3 is 2.93 bits per heavy atom. The fourth-order valence-electron chi connectivity index (χ4n) is 1.73. The Balaban J connectivity index is 2.39. The van der Waals surface area contributed by atoms with Crippen LogP contribution in [-0.2, 0) is 6.54 Å². The minimum Gasteiger partial charge on any atom is -0.390 e. The van der Waals surface area contributed by atoms with E-state index in [0.717, 1.165) is 0 Å². The lowest BCUT2D eigenvalue weighted by Gasteiger charge is -2.09. The average Bonchev–Trinajstić information content (AvgIpc) is 2.61. The molecule has 1 unspecified atom stereocenters. The first-order valence-corrected chi connectivity index (χ1v) is 6.12. The first kappa shape index (κ1) is 10.7. The third-order valence-electron chi connectivity index (χ3n) is 2.51. The highest BCUT2D eigenvalue weighted by atomic mass is 79.9. The lowest BCUT2D eigenvalue weighted by atomic mass is 10.2. The van der Waals surface area contributed by atoms with E-state index in [9.17, 15) is 5.11 Å². The van der Waals surface area contributed by atoms with E-state index in [1.165, 1.54) is 16.5 Å². The van der Waals surface area contributed by atoms with Crippen LogP contribution in [0.5, 0.6) is 0 Å². The third kappa shape index (κ3) is 2.24. The lowest BCUT2D eigenvalue weighted by molar-refractivity contribution is 0.181. The molecule has 0 fully saturated rings. The second kappa shape index (κ2) is 4.37. The monoisotopic (exact) mass is 267 g/mol. The smallest absolute Gasteiger partial charge is 0.0815 e. The Morgan fingerprint density at radius 2 is 2.20 bits per heavy atom. The fourth-order valence-corrected chi connectivity index (χ4v) is 1.93. The summed E-state index contributed by atoms with van der Waals surface area (Å²) < 4.78 is 2.09. The molecule has 0 bridgehead atoms. The van der Waals surface area contributed by atoms with Crippen LogP contribution >= 0.6 is 15.9 Å². The summed E-state index contributed by atoms with van der Waals surface area (Å²) >= 11 is 3.28. The van der Waals surface area contributed by atoms with Crippen molar-refractivity contribution in [3.05, 3.63) is 36.0 Å². The van der Waals surface area contributed by atoms with E-state index in [-0.39, 0.29) is 6.10 Å². The molecule has 2 nitrogen and oxygen atoms in total. The van der Waals surface area contributed by atoms with Crippen LogP contribution in [0.15, 0.2) is 30.5 Å². The summed E-state index contributed by atoms with van der Waals surface area (Å²) in [4.78, 5) is 0. The first-order chi connectivity index (χ1) is 7.20. The van der Waals surface area contributed by atoms with E-state index in [4.69, 9.17) is 0 Å². The summed E-state index contributed by atoms with van der Waals surface area (Å²) in [7, 11) is 0. The molecule has 15 heavy (non-hydrogen) atoms. The summed E-state index contributed by atoms with van der Waals surface area (Å²) in [6, 6.07) is 8.45. The summed E-state index contributed by atoms with van der Waals surface area (Å²) in [5, 5.41) is 11.4. The van der Waals surface area contributed by atoms with Crippen LogP contribution < -0.4 is 0 Å². The van der Waals surface area contributed by atoms with E-state index >= 15 is 0 Å². The van der Waals surface area contributed by atoms with Gasteiger partial charge in [-0.2, -0.15) is 0 Å². The zero-order valence-corrected chi connectivity index (χ0v) is 10.2. The predicted octanol–water partition coefficient (Wildman–Crippen LogP) is 2.71. The Hall–Kier alpha value is -0.800. The predicted molar refractivity (Wildman–Crippen MR) is 66.5 cm³/mol. The second-order valence-electron chi connectivity index (χ2n) is 3.84. The lowest BCUT2D eigenvalue weighted by Crippen LogP contribution is -2.16. The number of aryl methyl sites for hydroxylation is 1. The van der Waals surface area contributed by atoms with Crippen LogP contribution in [0.4, 0.5) is 0 Å². The molecule has 1 atom stereocenters. The maximum absolute atomic E-state index is 9.59. The highest BCUT2D eigenvalue weighted by molar-refractivity contribution is 9.09. The van der Waals surface area contributed by atoms with Crippen LogP contribution in [0.2, 0.25) is 0 Å². The molecule has 2 aromatic rings. The number of aliphatic hydroxyl groups is 1. The van der Waals surface area contributed by atoms with Gasteiger partial charge >= 0.3 is 0 Å². The molecule has 1 heterocycles. The molecule has 0 amide bonds. The maximum atomic E-state index is 9.59. The van der Waals surface area contributed by atoms with Gasteiger partial charge in [0.1, 0.15) is 0 Å². The van der Waals surface area contributed by atoms with Crippen molar-refractivity contribution < 1.29 is 5.11 Å². The quantitative estimate of drug-likeness (QED) is 0.851. The molecule has 0 radical (unpaired) electrons. The van der Waals surface area contributed by atoms with Crippen molar-refractivity contribution in [3.8, 4) is 0 Å². The molecule has 0 saturated heterocycles. The molecular formula is C12H14BrNO. The van der Waals surface area contributed by atoms with Crippen molar-refractivity contribution in [2.75, 3.05) is 5.33 Å². The van der Waals surface area contributed by atoms with Gasteiger partial charge in [0, 0.05) is 23.6 Å². The maximum Gasteiger partial charge on any atom is 0.0815 e. The van der Waals surface area contributed by atoms with E-state index in [1.54, 1.807) is 0 Å². The van der Waals surface area contributed by atoms with Gasteiger partial charge in [-0.15, -0.1) is 0 Å².